The fraction of sp³-hybridized carbons (Fsp3) is 0.250. The minimum Gasteiger partial charge on any atom is -0.410 e. The molecule has 62 valence electrons. The highest BCUT2D eigenvalue weighted by molar-refractivity contribution is 5.72. The summed E-state index contributed by atoms with van der Waals surface area (Å²) in [7, 11) is 1.69. The van der Waals surface area contributed by atoms with Crippen molar-refractivity contribution in [3.63, 3.8) is 0 Å². The van der Waals surface area contributed by atoms with Gasteiger partial charge in [0.2, 0.25) is 0 Å². The molecule has 0 bridgehead atoms. The van der Waals surface area contributed by atoms with E-state index in [9.17, 15) is 4.79 Å². The van der Waals surface area contributed by atoms with Gasteiger partial charge in [-0.25, -0.2) is 4.79 Å². The van der Waals surface area contributed by atoms with Crippen LogP contribution in [-0.2, 0) is 6.54 Å². The van der Waals surface area contributed by atoms with Crippen LogP contribution in [0, 0.1) is 0 Å². The predicted octanol–water partition coefficient (Wildman–Crippen LogP) is 1.03. The van der Waals surface area contributed by atoms with E-state index in [-0.39, 0.29) is 6.09 Å². The molecule has 0 atom stereocenters. The largest absolute Gasteiger partial charge is 0.415 e. The minimum absolute atomic E-state index is 0.311. The van der Waals surface area contributed by atoms with Gasteiger partial charge in [-0.3, -0.25) is 4.98 Å². The molecule has 1 aliphatic rings. The predicted molar refractivity (Wildman–Crippen MR) is 41.7 cm³/mol. The molecule has 0 radical (unpaired) electrons. The molecule has 0 aliphatic carbocycles. The second-order valence-corrected chi connectivity index (χ2v) is 2.71. The summed E-state index contributed by atoms with van der Waals surface area (Å²) in [6.45, 7) is 0.571. The van der Waals surface area contributed by atoms with Crippen molar-refractivity contribution in [3.05, 3.63) is 24.0 Å². The molecule has 0 saturated carbocycles. The van der Waals surface area contributed by atoms with Crippen LogP contribution < -0.4 is 4.74 Å². The topological polar surface area (TPSA) is 42.4 Å². The molecular weight excluding hydrogens is 156 g/mol. The van der Waals surface area contributed by atoms with Crippen LogP contribution in [0.2, 0.25) is 0 Å². The molecule has 1 aromatic heterocycles. The van der Waals surface area contributed by atoms with Crippen LogP contribution in [0.15, 0.2) is 18.5 Å². The number of aromatic nitrogens is 1. The molecule has 2 heterocycles. The fourth-order valence-corrected chi connectivity index (χ4v) is 1.12. The van der Waals surface area contributed by atoms with Crippen molar-refractivity contribution in [2.24, 2.45) is 0 Å². The van der Waals surface area contributed by atoms with Crippen LogP contribution >= 0.6 is 0 Å². The maximum Gasteiger partial charge on any atom is 0.415 e. The lowest BCUT2D eigenvalue weighted by Crippen LogP contribution is -2.33. The van der Waals surface area contributed by atoms with Gasteiger partial charge in [0.15, 0.2) is 0 Å². The maximum absolute atomic E-state index is 11.0. The van der Waals surface area contributed by atoms with E-state index in [1.807, 2.05) is 0 Å². The first-order valence-electron chi connectivity index (χ1n) is 3.63. The third kappa shape index (κ3) is 1.01. The summed E-state index contributed by atoms with van der Waals surface area (Å²) in [5.74, 6) is 0.619. The fourth-order valence-electron chi connectivity index (χ4n) is 1.12. The molecule has 12 heavy (non-hydrogen) atoms. The van der Waals surface area contributed by atoms with Gasteiger partial charge in [-0.2, -0.15) is 0 Å². The number of carbonyl (C=O) groups excluding carboxylic acids is 1. The summed E-state index contributed by atoms with van der Waals surface area (Å²) in [5, 5.41) is 0. The Labute approximate surface area is 69.8 Å². The van der Waals surface area contributed by atoms with Gasteiger partial charge < -0.3 is 9.64 Å². The van der Waals surface area contributed by atoms with E-state index in [4.69, 9.17) is 4.74 Å². The summed E-state index contributed by atoms with van der Waals surface area (Å²) < 4.78 is 4.99. The van der Waals surface area contributed by atoms with Crippen molar-refractivity contribution >= 4 is 6.09 Å². The van der Waals surface area contributed by atoms with Crippen LogP contribution in [0.3, 0.4) is 0 Å². The van der Waals surface area contributed by atoms with E-state index >= 15 is 0 Å². The Morgan fingerprint density at radius 1 is 1.67 bits per heavy atom. The van der Waals surface area contributed by atoms with Crippen molar-refractivity contribution in [1.82, 2.24) is 9.88 Å². The molecule has 0 aromatic carbocycles. The summed E-state index contributed by atoms with van der Waals surface area (Å²) >= 11 is 0. The second-order valence-electron chi connectivity index (χ2n) is 2.71. The third-order valence-corrected chi connectivity index (χ3v) is 1.78. The molecule has 0 N–H and O–H groups in total. The first kappa shape index (κ1) is 7.09. The zero-order valence-corrected chi connectivity index (χ0v) is 6.65. The van der Waals surface area contributed by atoms with Crippen LogP contribution in [0.1, 0.15) is 5.56 Å². The van der Waals surface area contributed by atoms with Gasteiger partial charge in [-0.1, -0.05) is 0 Å². The monoisotopic (exact) mass is 164 g/mol. The highest BCUT2D eigenvalue weighted by Gasteiger charge is 2.20. The van der Waals surface area contributed by atoms with Crippen molar-refractivity contribution < 1.29 is 9.53 Å². The van der Waals surface area contributed by atoms with Gasteiger partial charge >= 0.3 is 6.09 Å². The van der Waals surface area contributed by atoms with Crippen molar-refractivity contribution in [1.29, 1.82) is 0 Å². The van der Waals surface area contributed by atoms with Gasteiger partial charge in [0.1, 0.15) is 5.75 Å². The number of ether oxygens (including phenoxy) is 1. The molecule has 0 saturated heterocycles. The van der Waals surface area contributed by atoms with E-state index < -0.39 is 0 Å². The lowest BCUT2D eigenvalue weighted by atomic mass is 10.2. The van der Waals surface area contributed by atoms with E-state index in [0.717, 1.165) is 5.56 Å². The third-order valence-electron chi connectivity index (χ3n) is 1.78. The average Bonchev–Trinajstić information content (AvgIpc) is 2.07. The number of fused-ring (bicyclic) bond motifs is 1. The number of amides is 1. The molecular formula is C8H8N2O2. The van der Waals surface area contributed by atoms with Gasteiger partial charge in [0, 0.05) is 25.0 Å². The Kier molecular flexibility index (Phi) is 1.46. The molecule has 4 nitrogen and oxygen atoms in total. The van der Waals surface area contributed by atoms with E-state index in [1.165, 1.54) is 4.90 Å². The Morgan fingerprint density at radius 3 is 3.33 bits per heavy atom. The van der Waals surface area contributed by atoms with E-state index in [2.05, 4.69) is 4.98 Å². The number of hydrogen-bond donors (Lipinski definition) is 0. The summed E-state index contributed by atoms with van der Waals surface area (Å²) in [4.78, 5) is 16.5. The SMILES string of the molecule is CN1Cc2cnccc2OC1=O. The van der Waals surface area contributed by atoms with Crippen molar-refractivity contribution in [3.8, 4) is 5.75 Å². The molecule has 1 amide bonds. The summed E-state index contributed by atoms with van der Waals surface area (Å²) in [6.07, 6.45) is 3.00. The van der Waals surface area contributed by atoms with Gasteiger partial charge in [0.25, 0.3) is 0 Å². The molecule has 0 unspecified atom stereocenters. The number of carbonyl (C=O) groups is 1. The Balaban J connectivity index is 2.40. The van der Waals surface area contributed by atoms with Crippen molar-refractivity contribution in [2.75, 3.05) is 7.05 Å². The van der Waals surface area contributed by atoms with Crippen LogP contribution in [0.5, 0.6) is 5.75 Å². The highest BCUT2D eigenvalue weighted by atomic mass is 16.6. The number of rotatable bonds is 0. The molecule has 2 rings (SSSR count). The normalized spacial score (nSPS) is 15.4. The smallest absolute Gasteiger partial charge is 0.410 e. The lowest BCUT2D eigenvalue weighted by molar-refractivity contribution is 0.150. The quantitative estimate of drug-likeness (QED) is 0.575. The highest BCUT2D eigenvalue weighted by Crippen LogP contribution is 2.22. The minimum atomic E-state index is -0.311. The lowest BCUT2D eigenvalue weighted by Gasteiger charge is -2.23. The molecule has 0 fully saturated rings. The van der Waals surface area contributed by atoms with Gasteiger partial charge in [-0.05, 0) is 6.07 Å². The first-order chi connectivity index (χ1) is 5.77. The summed E-state index contributed by atoms with van der Waals surface area (Å²) in [6, 6.07) is 1.69. The molecule has 0 spiro atoms. The Bertz CT molecular complexity index is 325. The Morgan fingerprint density at radius 2 is 2.50 bits per heavy atom. The molecule has 4 heteroatoms. The zero-order valence-electron chi connectivity index (χ0n) is 6.65. The zero-order chi connectivity index (χ0) is 8.55. The van der Waals surface area contributed by atoms with Crippen LogP contribution in [0.25, 0.3) is 0 Å². The van der Waals surface area contributed by atoms with Gasteiger partial charge in [-0.15, -0.1) is 0 Å². The molecule has 1 aliphatic heterocycles. The van der Waals surface area contributed by atoms with E-state index in [1.54, 1.807) is 25.5 Å². The Hall–Kier alpha value is -1.58. The van der Waals surface area contributed by atoms with E-state index in [0.29, 0.717) is 12.3 Å². The standard InChI is InChI=1S/C8H8N2O2/c1-10-5-6-4-9-3-2-7(6)12-8(10)11/h2-4H,5H2,1H3. The number of nitrogens with zero attached hydrogens (tertiary/aromatic N) is 2. The average molecular weight is 164 g/mol. The summed E-state index contributed by atoms with van der Waals surface area (Å²) in [5.41, 5.74) is 0.944. The van der Waals surface area contributed by atoms with Crippen LogP contribution in [-0.4, -0.2) is 23.0 Å². The first-order valence-corrected chi connectivity index (χ1v) is 3.63. The maximum atomic E-state index is 11.0. The second kappa shape index (κ2) is 2.48. The molecule has 1 aromatic rings. The van der Waals surface area contributed by atoms with Crippen molar-refractivity contribution in [2.45, 2.75) is 6.54 Å². The van der Waals surface area contributed by atoms with Gasteiger partial charge in [0.05, 0.1) is 6.54 Å². The number of hydrogen-bond acceptors (Lipinski definition) is 3. The number of pyridine rings is 1. The van der Waals surface area contributed by atoms with Crippen LogP contribution in [0.4, 0.5) is 4.79 Å².